The van der Waals surface area contributed by atoms with Crippen LogP contribution in [-0.2, 0) is 9.53 Å². The molecule has 0 spiro atoms. The number of phenolic OH excluding ortho intramolecular Hbond substituents is 1. The number of carbonyl (C=O) groups excluding carboxylic acids is 1. The van der Waals surface area contributed by atoms with Crippen LogP contribution in [0, 0.1) is 0 Å². The summed E-state index contributed by atoms with van der Waals surface area (Å²) in [6.07, 6.45) is 1.63. The van der Waals surface area contributed by atoms with Crippen LogP contribution in [-0.4, -0.2) is 22.2 Å². The largest absolute Gasteiger partial charge is 0.506 e. The predicted octanol–water partition coefficient (Wildman–Crippen LogP) is 4.09. The fourth-order valence-electron chi connectivity index (χ4n) is 3.34. The van der Waals surface area contributed by atoms with Gasteiger partial charge in [0.25, 0.3) is 5.56 Å². The lowest BCUT2D eigenvalue weighted by molar-refractivity contribution is -0.139. The summed E-state index contributed by atoms with van der Waals surface area (Å²) < 4.78 is 8.47. The lowest BCUT2D eigenvalue weighted by Crippen LogP contribution is -2.39. The van der Waals surface area contributed by atoms with Gasteiger partial charge in [0, 0.05) is 14.9 Å². The van der Waals surface area contributed by atoms with Gasteiger partial charge in [-0.1, -0.05) is 33.3 Å². The Morgan fingerprint density at radius 2 is 2.16 bits per heavy atom. The smallest absolute Gasteiger partial charge is 0.338 e. The zero-order valence-electron chi connectivity index (χ0n) is 16.4. The number of thiophene rings is 1. The summed E-state index contributed by atoms with van der Waals surface area (Å²) in [6.45, 7) is 3.72. The standard InChI is InChI=1S/C21H16Br2N2O4S2/c1-3-29-20(28)16-10(2)24-21-25(17(16)14-5-4-6-30-14)19(27)15(31-21)8-11-7-12(22)9-13(23)18(11)26/h4-9,17,26H,3H2,1-2H3/b15-8-/t17-/m1/s1. The highest BCUT2D eigenvalue weighted by Gasteiger charge is 2.33. The van der Waals surface area contributed by atoms with E-state index in [9.17, 15) is 14.7 Å². The van der Waals surface area contributed by atoms with Gasteiger partial charge in [0.1, 0.15) is 11.8 Å². The van der Waals surface area contributed by atoms with Crippen molar-refractivity contribution >= 4 is 66.6 Å². The van der Waals surface area contributed by atoms with Crippen molar-refractivity contribution in [2.45, 2.75) is 19.9 Å². The van der Waals surface area contributed by atoms with Gasteiger partial charge in [-0.05, 0) is 59.4 Å². The molecule has 1 aliphatic heterocycles. The molecule has 0 radical (unpaired) electrons. The summed E-state index contributed by atoms with van der Waals surface area (Å²) >= 11 is 9.39. The molecule has 0 fully saturated rings. The van der Waals surface area contributed by atoms with E-state index in [4.69, 9.17) is 4.74 Å². The van der Waals surface area contributed by atoms with E-state index < -0.39 is 12.0 Å². The van der Waals surface area contributed by atoms with E-state index in [2.05, 4.69) is 36.9 Å². The third-order valence-corrected chi connectivity index (χ3v) is 7.64. The monoisotopic (exact) mass is 582 g/mol. The number of thiazole rings is 1. The van der Waals surface area contributed by atoms with Crippen molar-refractivity contribution in [1.82, 2.24) is 4.57 Å². The zero-order chi connectivity index (χ0) is 22.3. The number of rotatable bonds is 4. The van der Waals surface area contributed by atoms with Crippen molar-refractivity contribution < 1.29 is 14.6 Å². The summed E-state index contributed by atoms with van der Waals surface area (Å²) in [5.74, 6) is -0.447. The van der Waals surface area contributed by atoms with Gasteiger partial charge in [0.2, 0.25) is 0 Å². The molecule has 0 saturated carbocycles. The highest BCUT2D eigenvalue weighted by Crippen LogP contribution is 2.34. The van der Waals surface area contributed by atoms with Crippen molar-refractivity contribution in [3.05, 3.63) is 80.0 Å². The number of benzene rings is 1. The summed E-state index contributed by atoms with van der Waals surface area (Å²) in [7, 11) is 0. The van der Waals surface area contributed by atoms with Gasteiger partial charge in [-0.3, -0.25) is 9.36 Å². The molecule has 0 aliphatic carbocycles. The Balaban J connectivity index is 1.97. The molecule has 160 valence electrons. The number of esters is 1. The predicted molar refractivity (Wildman–Crippen MR) is 128 cm³/mol. The van der Waals surface area contributed by atoms with Crippen molar-refractivity contribution in [1.29, 1.82) is 0 Å². The van der Waals surface area contributed by atoms with Crippen molar-refractivity contribution in [3.8, 4) is 5.75 Å². The normalized spacial score (nSPS) is 16.3. The molecule has 1 aliphatic rings. The number of halogens is 2. The molecule has 3 aromatic rings. The van der Waals surface area contributed by atoms with Gasteiger partial charge in [-0.25, -0.2) is 9.79 Å². The van der Waals surface area contributed by atoms with E-state index in [0.717, 1.165) is 9.35 Å². The zero-order valence-corrected chi connectivity index (χ0v) is 21.2. The van der Waals surface area contributed by atoms with Gasteiger partial charge in [-0.2, -0.15) is 0 Å². The van der Waals surface area contributed by atoms with E-state index in [0.29, 0.717) is 30.6 Å². The van der Waals surface area contributed by atoms with E-state index >= 15 is 0 Å². The molecular weight excluding hydrogens is 568 g/mol. The van der Waals surface area contributed by atoms with E-state index in [1.807, 2.05) is 17.5 Å². The second-order valence-corrected chi connectivity index (χ2v) is 10.4. The first kappa shape index (κ1) is 22.2. The number of hydrogen-bond acceptors (Lipinski definition) is 7. The number of carbonyl (C=O) groups is 1. The molecule has 1 N–H and O–H groups in total. The Bertz CT molecular complexity index is 1390. The lowest BCUT2D eigenvalue weighted by atomic mass is 10.0. The molecule has 0 saturated heterocycles. The molecule has 0 unspecified atom stereocenters. The topological polar surface area (TPSA) is 80.9 Å². The molecule has 6 nitrogen and oxygen atoms in total. The SMILES string of the molecule is CCOC(=O)C1=C(C)N=c2s/c(=C\c3cc(Br)cc(Br)c3O)c(=O)n2[C@@H]1c1cccs1. The van der Waals surface area contributed by atoms with Crippen LogP contribution in [0.3, 0.4) is 0 Å². The van der Waals surface area contributed by atoms with E-state index in [-0.39, 0.29) is 17.9 Å². The van der Waals surface area contributed by atoms with Crippen LogP contribution in [0.15, 0.2) is 59.6 Å². The van der Waals surface area contributed by atoms with Crippen molar-refractivity contribution in [2.75, 3.05) is 6.61 Å². The van der Waals surface area contributed by atoms with E-state index in [1.165, 1.54) is 27.2 Å². The number of fused-ring (bicyclic) bond motifs is 1. The van der Waals surface area contributed by atoms with Gasteiger partial charge in [0.15, 0.2) is 4.80 Å². The van der Waals surface area contributed by atoms with Crippen molar-refractivity contribution in [3.63, 3.8) is 0 Å². The molecular formula is C21H16Br2N2O4S2. The second kappa shape index (κ2) is 8.85. The van der Waals surface area contributed by atoms with Gasteiger partial charge < -0.3 is 9.84 Å². The highest BCUT2D eigenvalue weighted by atomic mass is 79.9. The van der Waals surface area contributed by atoms with Crippen LogP contribution < -0.4 is 14.9 Å². The van der Waals surface area contributed by atoms with Crippen LogP contribution in [0.4, 0.5) is 0 Å². The van der Waals surface area contributed by atoms with Crippen LogP contribution in [0.25, 0.3) is 6.08 Å². The fraction of sp³-hybridized carbons (Fsp3) is 0.190. The average molecular weight is 584 g/mol. The summed E-state index contributed by atoms with van der Waals surface area (Å²) in [5.41, 5.74) is 1.08. The molecule has 2 aromatic heterocycles. The maximum absolute atomic E-state index is 13.4. The molecule has 0 bridgehead atoms. The Morgan fingerprint density at radius 3 is 2.84 bits per heavy atom. The van der Waals surface area contributed by atoms with Crippen molar-refractivity contribution in [2.24, 2.45) is 4.99 Å². The molecule has 10 heteroatoms. The second-order valence-electron chi connectivity index (χ2n) is 6.64. The quantitative estimate of drug-likeness (QED) is 0.469. The van der Waals surface area contributed by atoms with Crippen LogP contribution in [0.2, 0.25) is 0 Å². The fourth-order valence-corrected chi connectivity index (χ4v) is 6.46. The Hall–Kier alpha value is -2.01. The van der Waals surface area contributed by atoms with Gasteiger partial charge in [0.05, 0.1) is 26.9 Å². The minimum atomic E-state index is -0.611. The van der Waals surface area contributed by atoms with E-state index in [1.54, 1.807) is 32.1 Å². The molecule has 3 heterocycles. The van der Waals surface area contributed by atoms with Gasteiger partial charge >= 0.3 is 5.97 Å². The third kappa shape index (κ3) is 4.09. The summed E-state index contributed by atoms with van der Waals surface area (Å²) in [6, 6.07) is 6.61. The number of nitrogens with zero attached hydrogens (tertiary/aromatic N) is 2. The highest BCUT2D eigenvalue weighted by molar-refractivity contribution is 9.11. The Kier molecular flexibility index (Phi) is 6.34. The molecule has 1 aromatic carbocycles. The number of aromatic hydroxyl groups is 1. The lowest BCUT2D eigenvalue weighted by Gasteiger charge is -2.23. The maximum atomic E-state index is 13.4. The van der Waals surface area contributed by atoms with Crippen LogP contribution in [0.5, 0.6) is 5.75 Å². The number of ether oxygens (including phenoxy) is 1. The Labute approximate surface area is 202 Å². The minimum Gasteiger partial charge on any atom is -0.506 e. The molecule has 31 heavy (non-hydrogen) atoms. The summed E-state index contributed by atoms with van der Waals surface area (Å²) in [5, 5.41) is 12.3. The van der Waals surface area contributed by atoms with Gasteiger partial charge in [-0.15, -0.1) is 11.3 Å². The summed E-state index contributed by atoms with van der Waals surface area (Å²) in [4.78, 5) is 32.1. The average Bonchev–Trinajstić information content (AvgIpc) is 3.34. The Morgan fingerprint density at radius 1 is 1.39 bits per heavy atom. The molecule has 4 rings (SSSR count). The number of allylic oxidation sites excluding steroid dienone is 1. The van der Waals surface area contributed by atoms with Crippen LogP contribution >= 0.6 is 54.5 Å². The third-order valence-electron chi connectivity index (χ3n) is 4.67. The first-order chi connectivity index (χ1) is 14.8. The number of phenols is 1. The maximum Gasteiger partial charge on any atom is 0.338 e. The number of hydrogen-bond donors (Lipinski definition) is 1. The first-order valence-corrected chi connectivity index (χ1v) is 12.5. The molecule has 1 atom stereocenters. The minimum absolute atomic E-state index is 0.0345. The molecule has 0 amide bonds. The van der Waals surface area contributed by atoms with Crippen LogP contribution in [0.1, 0.15) is 30.3 Å². The number of aromatic nitrogens is 1. The first-order valence-electron chi connectivity index (χ1n) is 9.23.